The van der Waals surface area contributed by atoms with Crippen molar-refractivity contribution in [3.8, 4) is 22.5 Å². The van der Waals surface area contributed by atoms with E-state index in [9.17, 15) is 84.7 Å². The van der Waals surface area contributed by atoms with E-state index in [0.29, 0.717) is 41.9 Å². The molecule has 0 bridgehead atoms. The van der Waals surface area contributed by atoms with Gasteiger partial charge in [-0.15, -0.1) is 39.5 Å². The second-order valence-electron chi connectivity index (χ2n) is 33.4. The lowest BCUT2D eigenvalue weighted by Gasteiger charge is -2.26. The van der Waals surface area contributed by atoms with Crippen LogP contribution in [0.5, 0.6) is 0 Å². The van der Waals surface area contributed by atoms with Crippen molar-refractivity contribution in [3.05, 3.63) is 231 Å². The highest BCUT2D eigenvalue weighted by Crippen LogP contribution is 2.35. The van der Waals surface area contributed by atoms with Gasteiger partial charge in [0.2, 0.25) is 0 Å². The number of Topliss-reactive ketones (excluding diaryl/α,β-unsaturated/α-hetero) is 2. The first kappa shape index (κ1) is 116. The molecule has 138 heavy (non-hydrogen) atoms. The Kier molecular flexibility index (Phi) is 45.2. The number of ether oxygens (including phenoxy) is 13. The third-order valence-electron chi connectivity index (χ3n) is 18.8. The Morgan fingerprint density at radius 1 is 0.514 bits per heavy atom. The van der Waals surface area contributed by atoms with Crippen LogP contribution in [0.4, 0.5) is 55.9 Å². The maximum Gasteiger partial charge on any atom is 0.519 e. The molecule has 6 unspecified atom stereocenters. The van der Waals surface area contributed by atoms with Gasteiger partial charge < -0.3 is 109 Å². The largest absolute Gasteiger partial charge is 0.519 e. The number of carbonyl (C=O) groups excluding carboxylic acids is 13. The van der Waals surface area contributed by atoms with Crippen LogP contribution in [0.25, 0.3) is 22.5 Å². The average molecular weight is 2000 g/mol. The molecule has 0 aliphatic carbocycles. The van der Waals surface area contributed by atoms with Crippen LogP contribution in [-0.2, 0) is 91.8 Å². The Morgan fingerprint density at radius 3 is 1.27 bits per heavy atom. The van der Waals surface area contributed by atoms with Crippen LogP contribution in [0, 0.1) is 23.3 Å². The number of aromatic nitrogens is 4. The smallest absolute Gasteiger partial charge is 0.479 e. The maximum atomic E-state index is 13.3. The number of halogens is 5. The van der Waals surface area contributed by atoms with Crippen molar-refractivity contribution in [3.63, 3.8) is 0 Å². The number of esters is 3. The zero-order valence-electron chi connectivity index (χ0n) is 78.1. The molecule has 0 saturated carbocycles. The molecule has 2 aromatic heterocycles. The van der Waals surface area contributed by atoms with E-state index < -0.39 is 148 Å². The van der Waals surface area contributed by atoms with Crippen LogP contribution in [0.1, 0.15) is 146 Å². The molecule has 6 aliphatic rings. The van der Waals surface area contributed by atoms with Gasteiger partial charge in [-0.1, -0.05) is 52.4 Å². The highest BCUT2D eigenvalue weighted by Gasteiger charge is 2.51. The van der Waals surface area contributed by atoms with Gasteiger partial charge in [-0.25, -0.2) is 89.6 Å². The normalized spacial score (nSPS) is 19.2. The van der Waals surface area contributed by atoms with Gasteiger partial charge in [-0.05, 0) is 197 Å². The summed E-state index contributed by atoms with van der Waals surface area (Å²) in [5.41, 5.74) is -0.141. The van der Waals surface area contributed by atoms with Crippen LogP contribution in [0.2, 0.25) is 0 Å². The molecule has 6 atom stereocenters. The van der Waals surface area contributed by atoms with Crippen molar-refractivity contribution in [2.75, 3.05) is 79.0 Å². The number of alkyl halides is 1. The zero-order chi connectivity index (χ0) is 104. The SMILES string of the molecule is C1CCOC1.C=CCC(N)(CO)C(=O)OC.C=CCC1(C(=O)O)COC(=O)N1.C=CCC1(C(=O)OC)COC(=O)N1.C=CCC1(C(=O)OCC(=O)c2ccc(F)cc2)COC(=O)N1.C=CCC1(c2nc(-c3ccc(F)cc3)cn2C(=O)OC(C)(C)C)COC(=O)N1.C=CCC1(c2ncc(-c3ccc(F)cc3)[nH]2)COC(=O)N1.CC(C)(C)OC(=O)OC(=O)OC(C)(C)C.O=C(CBr)c1ccc(F)cc1. The molecule has 12 rings (SSSR count). The Morgan fingerprint density at radius 2 is 0.906 bits per heavy atom. The Bertz CT molecular complexity index is 5220. The Labute approximate surface area is 801 Å². The van der Waals surface area contributed by atoms with Gasteiger partial charge in [0.25, 0.3) is 0 Å². The van der Waals surface area contributed by atoms with Crippen molar-refractivity contribution in [2.45, 2.75) is 164 Å². The molecule has 39 nitrogen and oxygen atoms in total. The van der Waals surface area contributed by atoms with Gasteiger partial charge in [0.05, 0.1) is 43.7 Å². The van der Waals surface area contributed by atoms with Gasteiger partial charge >= 0.3 is 72.7 Å². The molecule has 10 N–H and O–H groups in total. The van der Waals surface area contributed by atoms with Gasteiger partial charge in [-0.3, -0.25) is 9.59 Å². The Hall–Kier alpha value is -14.4. The Balaban J connectivity index is 0.000000334. The second kappa shape index (κ2) is 53.8. The lowest BCUT2D eigenvalue weighted by atomic mass is 9.96. The second-order valence-corrected chi connectivity index (χ2v) is 33.9. The number of carboxylic acids is 1. The fraction of sp³-hybridized carbons (Fsp3) is 0.404. The highest BCUT2D eigenvalue weighted by atomic mass is 79.9. The van der Waals surface area contributed by atoms with Crippen LogP contribution in [0.15, 0.2) is 185 Å². The van der Waals surface area contributed by atoms with Crippen molar-refractivity contribution < 1.29 is 156 Å². The fourth-order valence-corrected chi connectivity index (χ4v) is 12.4. The topological polar surface area (TPSA) is 532 Å². The molecular weight excluding hydrogens is 1890 g/mol. The summed E-state index contributed by atoms with van der Waals surface area (Å²) in [5, 5.41) is 30.3. The lowest BCUT2D eigenvalue weighted by molar-refractivity contribution is -0.150. The molecule has 4 aromatic carbocycles. The molecule has 0 spiro atoms. The molecule has 5 amide bonds. The number of methoxy groups -OCH3 is 2. The minimum atomic E-state index is -1.36. The van der Waals surface area contributed by atoms with Crippen molar-refractivity contribution in [1.29, 1.82) is 0 Å². The van der Waals surface area contributed by atoms with Crippen LogP contribution in [-0.4, -0.2) is 232 Å². The monoisotopic (exact) mass is 2000 g/mol. The van der Waals surface area contributed by atoms with E-state index in [1.165, 1.54) is 123 Å². The number of ketones is 2. The summed E-state index contributed by atoms with van der Waals surface area (Å²) in [6, 6.07) is 22.2. The minimum absolute atomic E-state index is 0.00940. The third kappa shape index (κ3) is 36.7. The molecule has 6 aliphatic heterocycles. The van der Waals surface area contributed by atoms with Crippen molar-refractivity contribution >= 4 is 100 Å². The maximum absolute atomic E-state index is 13.3. The summed E-state index contributed by atoms with van der Waals surface area (Å²) in [5.74, 6) is -4.16. The first-order valence-electron chi connectivity index (χ1n) is 41.9. The van der Waals surface area contributed by atoms with Crippen LogP contribution in [0.3, 0.4) is 0 Å². The van der Waals surface area contributed by atoms with E-state index in [1.54, 1.807) is 105 Å². The molecule has 44 heteroatoms. The van der Waals surface area contributed by atoms with Crippen molar-refractivity contribution in [2.24, 2.45) is 5.73 Å². The van der Waals surface area contributed by atoms with Crippen LogP contribution >= 0.6 is 15.9 Å². The predicted octanol–water partition coefficient (Wildman–Crippen LogP) is 14.2. The number of benzene rings is 4. The first-order chi connectivity index (χ1) is 64.8. The number of carbonyl (C=O) groups is 14. The molecule has 750 valence electrons. The van der Waals surface area contributed by atoms with Gasteiger partial charge in [0.15, 0.2) is 34.8 Å². The summed E-state index contributed by atoms with van der Waals surface area (Å²) in [6.45, 7) is 37.4. The predicted molar refractivity (Wildman–Crippen MR) is 492 cm³/mol. The average Bonchev–Trinajstić information content (AvgIpc) is 1.60. The number of H-pyrrole nitrogens is 1. The molecule has 0 radical (unpaired) electrons. The molecule has 6 saturated heterocycles. The minimum Gasteiger partial charge on any atom is -0.479 e. The summed E-state index contributed by atoms with van der Waals surface area (Å²) >= 11 is 3.03. The number of aliphatic hydroxyl groups excluding tert-OH is 1. The highest BCUT2D eigenvalue weighted by molar-refractivity contribution is 9.09. The summed E-state index contributed by atoms with van der Waals surface area (Å²) in [7, 11) is 2.49. The van der Waals surface area contributed by atoms with Gasteiger partial charge in [0, 0.05) is 55.4 Å². The van der Waals surface area contributed by atoms with E-state index in [1.807, 2.05) is 0 Å². The number of nitrogens with two attached hydrogens (primary N) is 1. The first-order valence-corrected chi connectivity index (χ1v) is 43.1. The standard InChI is InChI=1S/C20H22FN3O4.C15H14FN3O2.C15H14FNO5.C10H18O5.C8H6BrFO.C8H11NO4.C7H9NO4.C7H13NO3.C4H8O/c1-5-10-20(12-27-17(25)23-20)16-22-15(13-6-8-14(21)9-7-13)11-24(16)18(26)28-19(2,3)4;1-2-7-15(9-21-14(20)19-15)13-17-8-12(18-13)10-3-5-11(16)6-4-10;1-2-7-15(9-22-14(20)17-15)13(19)21-8-12(18)10-3-5-11(16)6-4-10;1-9(2,3)14-7(11)13-8(12)15-10(4,5)6;9-5-8(11)6-1-3-7(10)4-2-6;1-3-4-8(6(10)12-2)5-13-7(11)9-8;1-2-3-7(5(9)10)4-12-6(11)8-7;1-3-4-7(8,5-9)6(10)11-2;1-2-4-5-3-1/h5-9,11H,1,10,12H2,2-4H3,(H,23,25);2-6,8H,1,7,9H2,(H,17,18)(H,19,20);2-6H,1,7-9H2,(H,17,20);1-6H3;1-4H,5H2;3H,1,4-5H2,2H3,(H,9,11);2H,1,3-4H2,(H,8,11)(H,9,10);3,9H,1,4-5,8H2,2H3;1-4H2. The van der Waals surface area contributed by atoms with E-state index in [2.05, 4.69) is 121 Å². The van der Waals surface area contributed by atoms with Gasteiger partial charge in [-0.2, -0.15) is 0 Å². The lowest BCUT2D eigenvalue weighted by Crippen LogP contribution is -2.51. The zero-order valence-corrected chi connectivity index (χ0v) is 79.6. The third-order valence-corrected chi connectivity index (χ3v) is 19.3. The van der Waals surface area contributed by atoms with E-state index >= 15 is 0 Å². The summed E-state index contributed by atoms with van der Waals surface area (Å²) < 4.78 is 115. The van der Waals surface area contributed by atoms with Crippen LogP contribution < -0.4 is 32.3 Å². The molecule has 8 heterocycles. The number of nitrogens with one attached hydrogen (secondary N) is 6. The number of alkyl carbamates (subject to hydrolysis) is 5. The van der Waals surface area contributed by atoms with E-state index in [-0.39, 0.29) is 92.2 Å². The van der Waals surface area contributed by atoms with Gasteiger partial charge in [0.1, 0.15) is 101 Å². The number of amides is 5. The number of nitrogens with zero attached hydrogens (tertiary/aromatic N) is 3. The number of aromatic amines is 1. The van der Waals surface area contributed by atoms with Crippen molar-refractivity contribution in [1.82, 2.24) is 46.1 Å². The molecular formula is C94H115BrF4N10O29. The number of aliphatic hydroxyl groups is 1. The number of imidazole rings is 2. The molecule has 6 aromatic rings. The quantitative estimate of drug-likeness (QED) is 0.00463. The number of hydrogen-bond acceptors (Lipinski definition) is 31. The molecule has 6 fully saturated rings. The summed E-state index contributed by atoms with van der Waals surface area (Å²) in [4.78, 5) is 170. The number of rotatable bonds is 26. The number of cyclic esters (lactones) is 5. The van der Waals surface area contributed by atoms with E-state index in [4.69, 9.17) is 53.8 Å². The summed E-state index contributed by atoms with van der Waals surface area (Å²) in [6.07, 6.45) is 10.6. The number of carboxylic acid groups (broad SMARTS) is 1. The number of aliphatic carboxylic acids is 1. The fourth-order valence-electron chi connectivity index (χ4n) is 12.0. The number of hydrogen-bond donors (Lipinski definition) is 9. The van der Waals surface area contributed by atoms with E-state index in [0.717, 1.165) is 36.6 Å².